The molecule has 0 bridgehead atoms. The summed E-state index contributed by atoms with van der Waals surface area (Å²) in [5.41, 5.74) is -0.545. The van der Waals surface area contributed by atoms with Crippen LogP contribution in [0.4, 0.5) is 0 Å². The molecule has 7 heteroatoms. The minimum absolute atomic E-state index is 0.0887. The highest BCUT2D eigenvalue weighted by atomic mass is 32.2. The van der Waals surface area contributed by atoms with Crippen LogP contribution in [0.15, 0.2) is 0 Å². The van der Waals surface area contributed by atoms with Crippen molar-refractivity contribution in [1.29, 1.82) is 0 Å². The summed E-state index contributed by atoms with van der Waals surface area (Å²) in [6, 6.07) is 0. The van der Waals surface area contributed by atoms with Crippen molar-refractivity contribution >= 4 is 16.0 Å². The highest BCUT2D eigenvalue weighted by Gasteiger charge is 2.20. The van der Waals surface area contributed by atoms with Crippen molar-refractivity contribution < 1.29 is 23.4 Å². The van der Waals surface area contributed by atoms with Crippen LogP contribution in [0.2, 0.25) is 0 Å². The summed E-state index contributed by atoms with van der Waals surface area (Å²) in [6.07, 6.45) is -0.422. The van der Waals surface area contributed by atoms with E-state index < -0.39 is 33.6 Å². The lowest BCUT2D eigenvalue weighted by Gasteiger charge is -2.21. The molecular weight excluding hydrogens is 222 g/mol. The maximum absolute atomic E-state index is 11.2. The summed E-state index contributed by atoms with van der Waals surface area (Å²) in [5.74, 6) is -1.59. The Kier molecular flexibility index (Phi) is 5.19. The lowest BCUT2D eigenvalue weighted by molar-refractivity contribution is -0.136. The van der Waals surface area contributed by atoms with E-state index in [0.717, 1.165) is 0 Å². The van der Waals surface area contributed by atoms with Crippen LogP contribution in [0.25, 0.3) is 0 Å². The van der Waals surface area contributed by atoms with Gasteiger partial charge in [-0.3, -0.25) is 4.79 Å². The summed E-state index contributed by atoms with van der Waals surface area (Å²) in [6.45, 7) is 3.35. The number of aliphatic hydroxyl groups is 1. The summed E-state index contributed by atoms with van der Waals surface area (Å²) < 4.78 is 24.7. The minimum atomic E-state index is -3.56. The van der Waals surface area contributed by atoms with Gasteiger partial charge in [0.25, 0.3) is 0 Å². The normalized spacial score (nSPS) is 12.7. The van der Waals surface area contributed by atoms with Crippen molar-refractivity contribution in [2.24, 2.45) is 5.41 Å². The second-order valence-electron chi connectivity index (χ2n) is 4.11. The maximum atomic E-state index is 11.2. The first-order chi connectivity index (χ1) is 6.68. The maximum Gasteiger partial charge on any atom is 0.304 e. The van der Waals surface area contributed by atoms with Gasteiger partial charge < -0.3 is 10.2 Å². The predicted molar refractivity (Wildman–Crippen MR) is 54.9 cm³/mol. The van der Waals surface area contributed by atoms with Crippen LogP contribution in [-0.4, -0.2) is 43.5 Å². The molecule has 0 aliphatic carbocycles. The van der Waals surface area contributed by atoms with Crippen molar-refractivity contribution in [1.82, 2.24) is 4.72 Å². The molecule has 6 nitrogen and oxygen atoms in total. The Hall–Kier alpha value is -0.660. The molecule has 0 aliphatic rings. The topological polar surface area (TPSA) is 104 Å². The summed E-state index contributed by atoms with van der Waals surface area (Å²) >= 11 is 0. The SMILES string of the molecule is CC(C)(CO)CNS(=O)(=O)CCC(=O)O. The summed E-state index contributed by atoms with van der Waals surface area (Å²) in [4.78, 5) is 10.2. The largest absolute Gasteiger partial charge is 0.481 e. The van der Waals surface area contributed by atoms with Crippen LogP contribution in [-0.2, 0) is 14.8 Å². The smallest absolute Gasteiger partial charge is 0.304 e. The third kappa shape index (κ3) is 7.29. The number of nitrogens with one attached hydrogen (secondary N) is 1. The van der Waals surface area contributed by atoms with E-state index in [0.29, 0.717) is 0 Å². The molecule has 15 heavy (non-hydrogen) atoms. The number of hydrogen-bond donors (Lipinski definition) is 3. The van der Waals surface area contributed by atoms with Gasteiger partial charge >= 0.3 is 5.97 Å². The molecule has 0 atom stereocenters. The quantitative estimate of drug-likeness (QED) is 0.550. The van der Waals surface area contributed by atoms with Crippen LogP contribution in [0, 0.1) is 5.41 Å². The van der Waals surface area contributed by atoms with Crippen LogP contribution in [0.1, 0.15) is 20.3 Å². The Morgan fingerprint density at radius 2 is 1.93 bits per heavy atom. The van der Waals surface area contributed by atoms with Gasteiger partial charge in [-0.1, -0.05) is 13.8 Å². The first kappa shape index (κ1) is 14.3. The average Bonchev–Trinajstić information content (AvgIpc) is 2.13. The molecule has 0 aromatic carbocycles. The molecule has 0 unspecified atom stereocenters. The fourth-order valence-electron chi connectivity index (χ4n) is 0.655. The number of aliphatic carboxylic acids is 1. The number of carboxylic acids is 1. The zero-order chi connectivity index (χ0) is 12.1. The Balaban J connectivity index is 4.11. The molecule has 3 N–H and O–H groups in total. The Labute approximate surface area is 89.4 Å². The standard InChI is InChI=1S/C8H17NO5S/c1-8(2,6-10)5-9-15(13,14)4-3-7(11)12/h9-10H,3-6H2,1-2H3,(H,11,12). The molecule has 0 saturated heterocycles. The van der Waals surface area contributed by atoms with E-state index in [-0.39, 0.29) is 13.2 Å². The molecule has 0 rings (SSSR count). The molecule has 0 spiro atoms. The molecular formula is C8H17NO5S. The number of rotatable bonds is 7. The Bertz CT molecular complexity index is 309. The van der Waals surface area contributed by atoms with Crippen molar-refractivity contribution in [2.75, 3.05) is 18.9 Å². The van der Waals surface area contributed by atoms with Gasteiger partial charge in [0.05, 0.1) is 12.2 Å². The fourth-order valence-corrected chi connectivity index (χ4v) is 1.85. The molecule has 0 saturated carbocycles. The summed E-state index contributed by atoms with van der Waals surface area (Å²) in [5, 5.41) is 17.2. The van der Waals surface area contributed by atoms with Crippen molar-refractivity contribution in [3.63, 3.8) is 0 Å². The van der Waals surface area contributed by atoms with Crippen molar-refractivity contribution in [3.05, 3.63) is 0 Å². The zero-order valence-electron chi connectivity index (χ0n) is 8.86. The van der Waals surface area contributed by atoms with Crippen molar-refractivity contribution in [2.45, 2.75) is 20.3 Å². The Morgan fingerprint density at radius 3 is 2.33 bits per heavy atom. The molecule has 0 aromatic heterocycles. The van der Waals surface area contributed by atoms with Gasteiger partial charge in [0.15, 0.2) is 0 Å². The lowest BCUT2D eigenvalue weighted by Crippen LogP contribution is -2.37. The minimum Gasteiger partial charge on any atom is -0.481 e. The van der Waals surface area contributed by atoms with Gasteiger partial charge in [-0.25, -0.2) is 13.1 Å². The summed E-state index contributed by atoms with van der Waals surface area (Å²) in [7, 11) is -3.56. The van der Waals surface area contributed by atoms with E-state index in [9.17, 15) is 13.2 Å². The zero-order valence-corrected chi connectivity index (χ0v) is 9.67. The molecule has 0 aliphatic heterocycles. The number of carbonyl (C=O) groups is 1. The molecule has 90 valence electrons. The molecule has 0 aromatic rings. The van der Waals surface area contributed by atoms with E-state index in [4.69, 9.17) is 10.2 Å². The first-order valence-electron chi connectivity index (χ1n) is 4.48. The van der Waals surface area contributed by atoms with Crippen LogP contribution < -0.4 is 4.72 Å². The second kappa shape index (κ2) is 5.43. The number of aliphatic hydroxyl groups excluding tert-OH is 1. The van der Waals surface area contributed by atoms with E-state index in [2.05, 4.69) is 4.72 Å². The number of carboxylic acid groups (broad SMARTS) is 1. The van der Waals surface area contributed by atoms with Crippen molar-refractivity contribution in [3.8, 4) is 0 Å². The first-order valence-corrected chi connectivity index (χ1v) is 6.14. The van der Waals surface area contributed by atoms with Gasteiger partial charge in [0, 0.05) is 18.6 Å². The van der Waals surface area contributed by atoms with Gasteiger partial charge in [-0.15, -0.1) is 0 Å². The molecule has 0 fully saturated rings. The van der Waals surface area contributed by atoms with E-state index in [1.807, 2.05) is 0 Å². The van der Waals surface area contributed by atoms with Crippen LogP contribution in [0.5, 0.6) is 0 Å². The van der Waals surface area contributed by atoms with Gasteiger partial charge in [-0.2, -0.15) is 0 Å². The van der Waals surface area contributed by atoms with E-state index in [1.165, 1.54) is 0 Å². The molecule has 0 amide bonds. The molecule has 0 radical (unpaired) electrons. The third-order valence-electron chi connectivity index (χ3n) is 1.78. The van der Waals surface area contributed by atoms with E-state index >= 15 is 0 Å². The third-order valence-corrected chi connectivity index (χ3v) is 3.11. The van der Waals surface area contributed by atoms with Gasteiger partial charge in [-0.05, 0) is 0 Å². The van der Waals surface area contributed by atoms with E-state index in [1.54, 1.807) is 13.8 Å². The predicted octanol–water partition coefficient (Wildman–Crippen LogP) is -0.601. The Morgan fingerprint density at radius 1 is 1.40 bits per heavy atom. The fraction of sp³-hybridized carbons (Fsp3) is 0.875. The van der Waals surface area contributed by atoms with Crippen LogP contribution in [0.3, 0.4) is 0 Å². The average molecular weight is 239 g/mol. The molecule has 0 heterocycles. The van der Waals surface area contributed by atoms with Gasteiger partial charge in [0.1, 0.15) is 0 Å². The number of hydrogen-bond acceptors (Lipinski definition) is 4. The lowest BCUT2D eigenvalue weighted by atomic mass is 9.96. The van der Waals surface area contributed by atoms with Crippen LogP contribution >= 0.6 is 0 Å². The monoisotopic (exact) mass is 239 g/mol. The van der Waals surface area contributed by atoms with Gasteiger partial charge in [0.2, 0.25) is 10.0 Å². The number of sulfonamides is 1. The highest BCUT2D eigenvalue weighted by molar-refractivity contribution is 7.89. The highest BCUT2D eigenvalue weighted by Crippen LogP contribution is 2.11. The second-order valence-corrected chi connectivity index (χ2v) is 6.03.